The van der Waals surface area contributed by atoms with Gasteiger partial charge in [-0.2, -0.15) is 4.98 Å². The van der Waals surface area contributed by atoms with Crippen molar-refractivity contribution in [3.63, 3.8) is 0 Å². The molecule has 0 amide bonds. The quantitative estimate of drug-likeness (QED) is 0.654. The summed E-state index contributed by atoms with van der Waals surface area (Å²) in [7, 11) is 0. The number of hydrogen-bond donors (Lipinski definition) is 1. The minimum atomic E-state index is 0.285. The van der Waals surface area contributed by atoms with Crippen LogP contribution >= 0.6 is 11.6 Å². The molecule has 3 heterocycles. The molecule has 0 bridgehead atoms. The van der Waals surface area contributed by atoms with Crippen molar-refractivity contribution in [2.75, 3.05) is 31.6 Å². The highest BCUT2D eigenvalue weighted by Gasteiger charge is 2.27. The molecule has 1 aliphatic carbocycles. The van der Waals surface area contributed by atoms with E-state index in [0.29, 0.717) is 12.1 Å². The highest BCUT2D eigenvalue weighted by Crippen LogP contribution is 2.30. The number of halogens is 1. The lowest BCUT2D eigenvalue weighted by Crippen LogP contribution is -2.46. The van der Waals surface area contributed by atoms with Crippen LogP contribution in [0.4, 0.5) is 5.82 Å². The molecule has 5 rings (SSSR count). The van der Waals surface area contributed by atoms with E-state index in [1.54, 1.807) is 0 Å². The third-order valence-electron chi connectivity index (χ3n) is 6.14. The van der Waals surface area contributed by atoms with Crippen molar-refractivity contribution in [2.24, 2.45) is 0 Å². The predicted molar refractivity (Wildman–Crippen MR) is 116 cm³/mol. The second-order valence-corrected chi connectivity index (χ2v) is 8.23. The third-order valence-corrected chi connectivity index (χ3v) is 6.31. The van der Waals surface area contributed by atoms with Gasteiger partial charge < -0.3 is 14.6 Å². The molecule has 3 aromatic rings. The minimum Gasteiger partial charge on any atom is -0.379 e. The first-order chi connectivity index (χ1) is 14.3. The number of fused-ring (bicyclic) bond motifs is 1. The Hall–Kier alpha value is -2.15. The van der Waals surface area contributed by atoms with Gasteiger partial charge >= 0.3 is 0 Å². The molecule has 0 spiro atoms. The van der Waals surface area contributed by atoms with E-state index in [0.717, 1.165) is 61.7 Å². The monoisotopic (exact) mass is 411 g/mol. The summed E-state index contributed by atoms with van der Waals surface area (Å²) in [5.41, 5.74) is 2.93. The van der Waals surface area contributed by atoms with E-state index in [1.807, 2.05) is 30.5 Å². The van der Waals surface area contributed by atoms with Crippen LogP contribution < -0.4 is 5.32 Å². The van der Waals surface area contributed by atoms with Crippen LogP contribution in [0.3, 0.4) is 0 Å². The number of hydrogen-bond acceptors (Lipinski definition) is 5. The number of morpholine rings is 1. The third kappa shape index (κ3) is 3.97. The van der Waals surface area contributed by atoms with E-state index in [2.05, 4.69) is 36.9 Å². The Morgan fingerprint density at radius 1 is 0.966 bits per heavy atom. The molecule has 0 unspecified atom stereocenters. The van der Waals surface area contributed by atoms with Crippen molar-refractivity contribution < 1.29 is 4.74 Å². The Kier molecular flexibility index (Phi) is 5.40. The fourth-order valence-electron chi connectivity index (χ4n) is 4.64. The number of benzene rings is 1. The summed E-state index contributed by atoms with van der Waals surface area (Å²) in [6, 6.07) is 13.4. The minimum absolute atomic E-state index is 0.285. The molecule has 152 valence electrons. The molecule has 7 heteroatoms. The van der Waals surface area contributed by atoms with Gasteiger partial charge in [0.15, 0.2) is 5.82 Å². The number of rotatable bonds is 4. The van der Waals surface area contributed by atoms with Crippen LogP contribution in [0.5, 0.6) is 0 Å². The zero-order valence-electron chi connectivity index (χ0n) is 16.4. The van der Waals surface area contributed by atoms with Gasteiger partial charge in [-0.1, -0.05) is 18.2 Å². The lowest BCUT2D eigenvalue weighted by Gasteiger charge is -2.39. The summed E-state index contributed by atoms with van der Waals surface area (Å²) in [5, 5.41) is 3.97. The number of ether oxygens (including phenoxy) is 1. The van der Waals surface area contributed by atoms with E-state index in [1.165, 1.54) is 12.8 Å². The number of nitrogens with zero attached hydrogens (tertiary/aromatic N) is 4. The Balaban J connectivity index is 1.36. The topological polar surface area (TPSA) is 55.2 Å². The van der Waals surface area contributed by atoms with Gasteiger partial charge in [0.25, 0.3) is 0 Å². The van der Waals surface area contributed by atoms with Gasteiger partial charge in [-0.15, -0.1) is 0 Å². The molecular formula is C22H26ClN5O. The van der Waals surface area contributed by atoms with Crippen LogP contribution in [-0.2, 0) is 4.74 Å². The fraction of sp³-hybridized carbons (Fsp3) is 0.455. The molecule has 1 saturated carbocycles. The molecule has 1 aliphatic heterocycles. The molecule has 1 aromatic carbocycles. The molecule has 0 atom stereocenters. The van der Waals surface area contributed by atoms with Crippen molar-refractivity contribution in [2.45, 2.75) is 37.8 Å². The summed E-state index contributed by atoms with van der Waals surface area (Å²) >= 11 is 6.23. The summed E-state index contributed by atoms with van der Waals surface area (Å²) < 4.78 is 7.63. The Morgan fingerprint density at radius 2 is 1.72 bits per heavy atom. The zero-order valence-corrected chi connectivity index (χ0v) is 17.2. The van der Waals surface area contributed by atoms with E-state index in [4.69, 9.17) is 16.3 Å². The largest absolute Gasteiger partial charge is 0.379 e. The highest BCUT2D eigenvalue weighted by atomic mass is 35.5. The van der Waals surface area contributed by atoms with E-state index in [9.17, 15) is 0 Å². The van der Waals surface area contributed by atoms with E-state index < -0.39 is 0 Å². The molecule has 1 N–H and O–H groups in total. The number of aromatic nitrogens is 3. The molecule has 1 saturated heterocycles. The number of para-hydroxylation sites is 1. The first kappa shape index (κ1) is 18.9. The molecular weight excluding hydrogens is 386 g/mol. The lowest BCUT2D eigenvalue weighted by atomic mass is 9.90. The maximum absolute atomic E-state index is 6.23. The van der Waals surface area contributed by atoms with Gasteiger partial charge in [0, 0.05) is 37.1 Å². The van der Waals surface area contributed by atoms with Crippen molar-refractivity contribution in [3.05, 3.63) is 47.9 Å². The van der Waals surface area contributed by atoms with Gasteiger partial charge in [0.1, 0.15) is 5.52 Å². The lowest BCUT2D eigenvalue weighted by molar-refractivity contribution is 0.00791. The number of nitrogens with one attached hydrogen (secondary N) is 1. The average molecular weight is 412 g/mol. The van der Waals surface area contributed by atoms with E-state index >= 15 is 0 Å². The summed E-state index contributed by atoms with van der Waals surface area (Å²) in [5.74, 6) is 0.823. The Morgan fingerprint density at radius 3 is 2.48 bits per heavy atom. The maximum Gasteiger partial charge on any atom is 0.225 e. The Labute approximate surface area is 175 Å². The molecule has 2 aromatic heterocycles. The van der Waals surface area contributed by atoms with Crippen LogP contribution in [0, 0.1) is 0 Å². The van der Waals surface area contributed by atoms with Crippen LogP contribution in [0.15, 0.2) is 42.6 Å². The van der Waals surface area contributed by atoms with Gasteiger partial charge in [0.2, 0.25) is 5.28 Å². The summed E-state index contributed by atoms with van der Waals surface area (Å²) in [4.78, 5) is 11.6. The molecule has 0 radical (unpaired) electrons. The fourth-order valence-corrected chi connectivity index (χ4v) is 4.82. The standard InChI is InChI=1S/C22H26ClN5O/c23-22-25-19-10-11-28(18-4-2-1-3-5-18)20(19)21(26-22)24-16-6-8-17(9-7-16)27-12-14-29-15-13-27/h1-5,10-11,16-17H,6-9,12-15H2,(H,24,25,26)/t16-,17-. The normalized spacial score (nSPS) is 23.3. The first-order valence-electron chi connectivity index (χ1n) is 10.5. The maximum atomic E-state index is 6.23. The summed E-state index contributed by atoms with van der Waals surface area (Å²) in [6.07, 6.45) is 6.72. The molecule has 2 fully saturated rings. The highest BCUT2D eigenvalue weighted by molar-refractivity contribution is 6.28. The van der Waals surface area contributed by atoms with Crippen molar-refractivity contribution in [1.29, 1.82) is 0 Å². The van der Waals surface area contributed by atoms with Crippen molar-refractivity contribution >= 4 is 28.5 Å². The van der Waals surface area contributed by atoms with Gasteiger partial charge in [-0.05, 0) is 55.5 Å². The average Bonchev–Trinajstić information content (AvgIpc) is 3.19. The molecule has 6 nitrogen and oxygen atoms in total. The number of anilines is 1. The van der Waals surface area contributed by atoms with Crippen molar-refractivity contribution in [3.8, 4) is 5.69 Å². The molecule has 29 heavy (non-hydrogen) atoms. The van der Waals surface area contributed by atoms with Crippen LogP contribution in [0.25, 0.3) is 16.7 Å². The SMILES string of the molecule is Clc1nc(N[C@H]2CC[C@H](N3CCOCC3)CC2)c2c(ccn2-c2ccccc2)n1. The zero-order chi connectivity index (χ0) is 19.6. The van der Waals surface area contributed by atoms with Crippen LogP contribution in [-0.4, -0.2) is 57.8 Å². The van der Waals surface area contributed by atoms with Gasteiger partial charge in [0.05, 0.1) is 18.7 Å². The van der Waals surface area contributed by atoms with Crippen LogP contribution in [0.1, 0.15) is 25.7 Å². The van der Waals surface area contributed by atoms with Crippen LogP contribution in [0.2, 0.25) is 5.28 Å². The van der Waals surface area contributed by atoms with Gasteiger partial charge in [-0.25, -0.2) is 4.98 Å². The first-order valence-corrected chi connectivity index (χ1v) is 10.8. The smallest absolute Gasteiger partial charge is 0.225 e. The second kappa shape index (κ2) is 8.30. The summed E-state index contributed by atoms with van der Waals surface area (Å²) in [6.45, 7) is 3.86. The predicted octanol–water partition coefficient (Wildman–Crippen LogP) is 4.13. The Bertz CT molecular complexity index is 962. The second-order valence-electron chi connectivity index (χ2n) is 7.89. The van der Waals surface area contributed by atoms with E-state index in [-0.39, 0.29) is 5.28 Å². The molecule has 2 aliphatic rings. The van der Waals surface area contributed by atoms with Crippen molar-refractivity contribution in [1.82, 2.24) is 19.4 Å². The van der Waals surface area contributed by atoms with Gasteiger partial charge in [-0.3, -0.25) is 4.90 Å².